The summed E-state index contributed by atoms with van der Waals surface area (Å²) in [5.41, 5.74) is 3.88. The molecule has 78 heavy (non-hydrogen) atoms. The number of para-hydroxylation sites is 2. The molecule has 0 saturated heterocycles. The summed E-state index contributed by atoms with van der Waals surface area (Å²) < 4.78 is 14.7. The van der Waals surface area contributed by atoms with Crippen LogP contribution in [-0.2, 0) is 51.3 Å². The van der Waals surface area contributed by atoms with Gasteiger partial charge in [-0.3, -0.25) is 19.2 Å². The SMILES string of the molecule is CC(=O)OCC(=O)C1(O)C(C)CC2C3C=C(C)C4=Cc5c(cnn5-c5ccccc5)CC4(C)C3C(OOC3CC4(C)C(CC(C)C4(O)C(=O)COC(C)=O)C4C=C(C)C5=Cc6c(cnn6-c6ccccc6)CC5(C)C34)CC21C. The number of ketones is 2. The van der Waals surface area contributed by atoms with E-state index in [-0.39, 0.29) is 48.3 Å². The van der Waals surface area contributed by atoms with Gasteiger partial charge in [-0.15, -0.1) is 0 Å². The summed E-state index contributed by atoms with van der Waals surface area (Å²) in [6.45, 7) is 18.3. The Kier molecular flexibility index (Phi) is 12.3. The summed E-state index contributed by atoms with van der Waals surface area (Å²) in [6.07, 6.45) is 14.8. The number of aliphatic hydroxyl groups is 2. The molecular weight excluding hydrogens is 985 g/mol. The Bertz CT molecular complexity index is 3070. The van der Waals surface area contributed by atoms with E-state index in [1.807, 2.05) is 85.9 Å². The molecule has 14 heteroatoms. The molecule has 2 N–H and O–H groups in total. The van der Waals surface area contributed by atoms with Crippen molar-refractivity contribution in [3.63, 3.8) is 0 Å². The second-order valence-corrected chi connectivity index (χ2v) is 25.8. The maximum absolute atomic E-state index is 14.6. The van der Waals surface area contributed by atoms with Crippen molar-refractivity contribution < 1.29 is 48.6 Å². The fourth-order valence-electron chi connectivity index (χ4n) is 18.3. The molecule has 8 aliphatic carbocycles. The first-order chi connectivity index (χ1) is 37.0. The number of esters is 2. The van der Waals surface area contributed by atoms with Crippen molar-refractivity contribution in [2.24, 2.45) is 69.0 Å². The third-order valence-electron chi connectivity index (χ3n) is 21.7. The Balaban J connectivity index is 0.985. The van der Waals surface area contributed by atoms with E-state index >= 15 is 0 Å². The number of benzene rings is 2. The smallest absolute Gasteiger partial charge is 0.303 e. The summed E-state index contributed by atoms with van der Waals surface area (Å²) in [7, 11) is 0. The lowest BCUT2D eigenvalue weighted by molar-refractivity contribution is -0.400. The van der Waals surface area contributed by atoms with Crippen molar-refractivity contribution >= 4 is 35.7 Å². The van der Waals surface area contributed by atoms with E-state index in [0.717, 1.165) is 45.0 Å². The first-order valence-corrected chi connectivity index (χ1v) is 28.2. The lowest BCUT2D eigenvalue weighted by Crippen LogP contribution is -2.64. The number of fused-ring (bicyclic) bond motifs is 12. The third-order valence-corrected chi connectivity index (χ3v) is 21.7. The van der Waals surface area contributed by atoms with Crippen LogP contribution in [0.1, 0.15) is 117 Å². The van der Waals surface area contributed by atoms with E-state index < -0.39 is 93.6 Å². The fourth-order valence-corrected chi connectivity index (χ4v) is 18.3. The summed E-state index contributed by atoms with van der Waals surface area (Å²) in [6, 6.07) is 20.3. The largest absolute Gasteiger partial charge is 0.458 e. The van der Waals surface area contributed by atoms with Crippen LogP contribution in [0.4, 0.5) is 0 Å². The molecular formula is C64H74N4O10. The lowest BCUT2D eigenvalue weighted by atomic mass is 9.46. The molecule has 2 heterocycles. The van der Waals surface area contributed by atoms with Gasteiger partial charge < -0.3 is 19.7 Å². The van der Waals surface area contributed by atoms with Crippen LogP contribution in [-0.4, -0.2) is 89.9 Å². The van der Waals surface area contributed by atoms with Gasteiger partial charge >= 0.3 is 11.9 Å². The van der Waals surface area contributed by atoms with E-state index in [1.54, 1.807) is 0 Å². The molecule has 2 aromatic heterocycles. The lowest BCUT2D eigenvalue weighted by Gasteiger charge is -2.61. The quantitative estimate of drug-likeness (QED) is 0.0826. The van der Waals surface area contributed by atoms with Crippen LogP contribution >= 0.6 is 0 Å². The number of hydrogen-bond donors (Lipinski definition) is 2. The predicted molar refractivity (Wildman–Crippen MR) is 291 cm³/mol. The highest BCUT2D eigenvalue weighted by atomic mass is 17.2. The number of allylic oxidation sites excluding steroid dienone is 6. The van der Waals surface area contributed by atoms with Crippen LogP contribution in [0.3, 0.4) is 0 Å². The summed E-state index contributed by atoms with van der Waals surface area (Å²) in [4.78, 5) is 68.3. The van der Waals surface area contributed by atoms with Crippen LogP contribution < -0.4 is 0 Å². The topological polar surface area (TPSA) is 181 Å². The zero-order chi connectivity index (χ0) is 55.2. The molecule has 12 rings (SSSR count). The number of carbonyl (C=O) groups excluding carboxylic acids is 4. The Morgan fingerprint density at radius 3 is 1.33 bits per heavy atom. The van der Waals surface area contributed by atoms with Crippen molar-refractivity contribution in [1.82, 2.24) is 19.6 Å². The van der Waals surface area contributed by atoms with Crippen molar-refractivity contribution in [1.29, 1.82) is 0 Å². The molecule has 4 fully saturated rings. The third kappa shape index (κ3) is 7.33. The molecule has 2 aromatic carbocycles. The van der Waals surface area contributed by atoms with Gasteiger partial charge in [0.15, 0.2) is 13.2 Å². The van der Waals surface area contributed by atoms with Crippen molar-refractivity contribution in [3.05, 3.63) is 130 Å². The molecule has 0 amide bonds. The van der Waals surface area contributed by atoms with E-state index in [0.29, 0.717) is 25.7 Å². The van der Waals surface area contributed by atoms with Gasteiger partial charge in [-0.05, 0) is 147 Å². The first kappa shape index (κ1) is 52.6. The van der Waals surface area contributed by atoms with Crippen LogP contribution in [0.15, 0.2) is 108 Å². The second kappa shape index (κ2) is 18.2. The van der Waals surface area contributed by atoms with Gasteiger partial charge in [0.05, 0.1) is 47.4 Å². The highest BCUT2D eigenvalue weighted by Gasteiger charge is 2.73. The standard InChI is InChI=1S/C64H74N4O10/c1-35-21-45-49-23-37(3)63(73,55(71)33-75-39(5)69)61(49,9)29-53(57(45)59(7)27-41-31-65-67(51(41)25-47(35)59)43-17-13-11-14-18-43)77-78-54-30-62(10)50(24-38(4)64(62,74)56(72)34-76-40(6)70)46-22-36(2)48-26-52-42(28-60(48,8)58(46)54)32-66-68(52)44-19-15-12-16-20-44/h11-22,25-26,31-32,37-38,45-46,49-50,53-54,57-58,73-74H,23-24,27-30,33-34H2,1-10H3. The average Bonchev–Trinajstić information content (AvgIpc) is 2.96. The number of rotatable bonds is 11. The summed E-state index contributed by atoms with van der Waals surface area (Å²) >= 11 is 0. The minimum absolute atomic E-state index is 0.159. The van der Waals surface area contributed by atoms with Crippen molar-refractivity contribution in [3.8, 4) is 11.4 Å². The fraction of sp³-hybridized carbons (Fsp3) is 0.531. The maximum Gasteiger partial charge on any atom is 0.303 e. The van der Waals surface area contributed by atoms with Gasteiger partial charge in [-0.25, -0.2) is 19.1 Å². The molecule has 16 atom stereocenters. The molecule has 4 saturated carbocycles. The van der Waals surface area contributed by atoms with E-state index in [2.05, 4.69) is 76.3 Å². The van der Waals surface area contributed by atoms with E-state index in [1.165, 1.54) is 25.0 Å². The van der Waals surface area contributed by atoms with Gasteiger partial charge in [-0.2, -0.15) is 10.2 Å². The van der Waals surface area contributed by atoms with Crippen LogP contribution in [0.25, 0.3) is 23.5 Å². The molecule has 0 spiro atoms. The van der Waals surface area contributed by atoms with Gasteiger partial charge in [0, 0.05) is 47.3 Å². The average molecular weight is 1060 g/mol. The molecule has 14 nitrogen and oxygen atoms in total. The molecule has 8 aliphatic rings. The Labute approximate surface area is 456 Å². The van der Waals surface area contributed by atoms with Crippen LogP contribution in [0, 0.1) is 69.0 Å². The highest BCUT2D eigenvalue weighted by molar-refractivity contribution is 5.92. The summed E-state index contributed by atoms with van der Waals surface area (Å²) in [5.74, 6) is -4.28. The Morgan fingerprint density at radius 1 is 0.603 bits per heavy atom. The number of ether oxygens (including phenoxy) is 2. The van der Waals surface area contributed by atoms with E-state index in [9.17, 15) is 29.4 Å². The summed E-state index contributed by atoms with van der Waals surface area (Å²) in [5, 5.41) is 36.3. The van der Waals surface area contributed by atoms with E-state index in [4.69, 9.17) is 29.4 Å². The minimum Gasteiger partial charge on any atom is -0.458 e. The molecule has 0 radical (unpaired) electrons. The Hall–Kier alpha value is -6.06. The van der Waals surface area contributed by atoms with Gasteiger partial charge in [0.25, 0.3) is 0 Å². The molecule has 410 valence electrons. The second-order valence-electron chi connectivity index (χ2n) is 25.8. The molecule has 0 aliphatic heterocycles. The number of hydrogen-bond acceptors (Lipinski definition) is 12. The number of nitrogens with zero attached hydrogens (tertiary/aromatic N) is 4. The van der Waals surface area contributed by atoms with Crippen molar-refractivity contribution in [2.45, 2.75) is 131 Å². The first-order valence-electron chi connectivity index (χ1n) is 28.2. The van der Waals surface area contributed by atoms with Gasteiger partial charge in [0.2, 0.25) is 11.6 Å². The maximum atomic E-state index is 14.6. The van der Waals surface area contributed by atoms with Gasteiger partial charge in [0.1, 0.15) is 11.2 Å². The Morgan fingerprint density at radius 2 is 0.974 bits per heavy atom. The number of carbonyl (C=O) groups is 4. The molecule has 4 aromatic rings. The zero-order valence-electron chi connectivity index (χ0n) is 46.6. The molecule has 16 unspecified atom stereocenters. The molecule has 0 bridgehead atoms. The van der Waals surface area contributed by atoms with Crippen LogP contribution in [0.2, 0.25) is 0 Å². The van der Waals surface area contributed by atoms with Crippen LogP contribution in [0.5, 0.6) is 0 Å². The highest BCUT2D eigenvalue weighted by Crippen LogP contribution is 2.71. The number of Topliss-reactive ketones (excluding diaryl/α,β-unsaturated/α-hetero) is 2. The van der Waals surface area contributed by atoms with Crippen molar-refractivity contribution in [2.75, 3.05) is 13.2 Å². The predicted octanol–water partition coefficient (Wildman–Crippen LogP) is 9.58. The minimum atomic E-state index is -1.87. The van der Waals surface area contributed by atoms with Gasteiger partial charge in [-0.1, -0.05) is 101 Å². The normalized spacial score (nSPS) is 38.7. The number of aromatic nitrogens is 4. The zero-order valence-corrected chi connectivity index (χ0v) is 46.6. The monoisotopic (exact) mass is 1060 g/mol.